The number of para-hydroxylation sites is 2. The Morgan fingerprint density at radius 3 is 3.10 bits per heavy atom. The average molecular weight is 286 g/mol. The number of aromatic amines is 1. The zero-order valence-electron chi connectivity index (χ0n) is 13.1. The maximum absolute atomic E-state index is 4.63. The highest BCUT2D eigenvalue weighted by Gasteiger charge is 2.23. The number of hydrogen-bond acceptors (Lipinski definition) is 3. The Bertz CT molecular complexity index is 544. The molecule has 2 atom stereocenters. The fraction of sp³-hybridized carbons (Fsp3) is 0.588. The predicted molar refractivity (Wildman–Crippen MR) is 87.2 cm³/mol. The second-order valence-corrected chi connectivity index (χ2v) is 6.17. The van der Waals surface area contributed by atoms with E-state index in [2.05, 4.69) is 46.2 Å². The van der Waals surface area contributed by atoms with E-state index >= 15 is 0 Å². The van der Waals surface area contributed by atoms with E-state index in [0.717, 1.165) is 29.3 Å². The summed E-state index contributed by atoms with van der Waals surface area (Å²) in [6.07, 6.45) is 2.67. The van der Waals surface area contributed by atoms with Gasteiger partial charge in [0.1, 0.15) is 5.82 Å². The molecule has 0 aliphatic carbocycles. The van der Waals surface area contributed by atoms with Gasteiger partial charge in [0.25, 0.3) is 0 Å². The van der Waals surface area contributed by atoms with E-state index in [4.69, 9.17) is 0 Å². The lowest BCUT2D eigenvalue weighted by atomic mass is 9.91. The highest BCUT2D eigenvalue weighted by molar-refractivity contribution is 5.74. The van der Waals surface area contributed by atoms with Crippen molar-refractivity contribution in [1.29, 1.82) is 0 Å². The molecule has 3 rings (SSSR count). The molecular formula is C17H26N4. The Morgan fingerprint density at radius 2 is 2.29 bits per heavy atom. The summed E-state index contributed by atoms with van der Waals surface area (Å²) in [5.74, 6) is 1.79. The number of nitrogens with one attached hydrogen (secondary N) is 2. The van der Waals surface area contributed by atoms with Crippen molar-refractivity contribution >= 4 is 11.0 Å². The minimum absolute atomic E-state index is 0.535. The Labute approximate surface area is 126 Å². The van der Waals surface area contributed by atoms with Gasteiger partial charge >= 0.3 is 0 Å². The molecule has 2 unspecified atom stereocenters. The van der Waals surface area contributed by atoms with E-state index < -0.39 is 0 Å². The van der Waals surface area contributed by atoms with Crippen LogP contribution in [0.3, 0.4) is 0 Å². The third-order valence-corrected chi connectivity index (χ3v) is 4.73. The monoisotopic (exact) mass is 286 g/mol. The minimum atomic E-state index is 0.535. The summed E-state index contributed by atoms with van der Waals surface area (Å²) in [5, 5.41) is 3.65. The van der Waals surface area contributed by atoms with Crippen LogP contribution < -0.4 is 5.32 Å². The quantitative estimate of drug-likeness (QED) is 0.888. The van der Waals surface area contributed by atoms with E-state index in [1.165, 1.54) is 32.5 Å². The highest BCUT2D eigenvalue weighted by Crippen LogP contribution is 2.19. The van der Waals surface area contributed by atoms with Gasteiger partial charge in [0.05, 0.1) is 17.6 Å². The number of aromatic nitrogens is 2. The van der Waals surface area contributed by atoms with Gasteiger partial charge in [-0.15, -0.1) is 0 Å². The SMILES string of the molecule is CCN1CCCC(C(C)NCc2nc3ccccc3[nH]2)C1. The highest BCUT2D eigenvalue weighted by atomic mass is 15.1. The molecule has 2 heterocycles. The van der Waals surface area contributed by atoms with Crippen molar-refractivity contribution in [1.82, 2.24) is 20.2 Å². The van der Waals surface area contributed by atoms with Crippen LogP contribution in [0.5, 0.6) is 0 Å². The normalized spacial score (nSPS) is 21.7. The molecule has 1 aromatic heterocycles. The lowest BCUT2D eigenvalue weighted by Gasteiger charge is -2.35. The second-order valence-electron chi connectivity index (χ2n) is 6.17. The Morgan fingerprint density at radius 1 is 1.43 bits per heavy atom. The number of H-pyrrole nitrogens is 1. The molecule has 0 bridgehead atoms. The third kappa shape index (κ3) is 3.44. The molecule has 1 aliphatic rings. The molecule has 1 fully saturated rings. The van der Waals surface area contributed by atoms with Gasteiger partial charge in [0.2, 0.25) is 0 Å². The molecule has 4 heteroatoms. The molecule has 21 heavy (non-hydrogen) atoms. The molecule has 0 saturated carbocycles. The van der Waals surface area contributed by atoms with Crippen molar-refractivity contribution in [2.75, 3.05) is 19.6 Å². The first-order chi connectivity index (χ1) is 10.3. The first-order valence-electron chi connectivity index (χ1n) is 8.15. The lowest BCUT2D eigenvalue weighted by Crippen LogP contribution is -2.44. The predicted octanol–water partition coefficient (Wildman–Crippen LogP) is 2.77. The largest absolute Gasteiger partial charge is 0.341 e. The molecular weight excluding hydrogens is 260 g/mol. The van der Waals surface area contributed by atoms with E-state index in [1.807, 2.05) is 12.1 Å². The fourth-order valence-electron chi connectivity index (χ4n) is 3.30. The number of likely N-dealkylation sites (tertiary alicyclic amines) is 1. The second kappa shape index (κ2) is 6.58. The number of hydrogen-bond donors (Lipinski definition) is 2. The van der Waals surface area contributed by atoms with Gasteiger partial charge in [-0.2, -0.15) is 0 Å². The topological polar surface area (TPSA) is 44.0 Å². The van der Waals surface area contributed by atoms with Crippen molar-refractivity contribution in [3.63, 3.8) is 0 Å². The number of benzene rings is 1. The van der Waals surface area contributed by atoms with Crippen LogP contribution in [0.1, 0.15) is 32.5 Å². The standard InChI is InChI=1S/C17H26N4/c1-3-21-10-6-7-14(12-21)13(2)18-11-17-19-15-8-4-5-9-16(15)20-17/h4-5,8-9,13-14,18H,3,6-7,10-12H2,1-2H3,(H,19,20). The fourth-order valence-corrected chi connectivity index (χ4v) is 3.30. The van der Waals surface area contributed by atoms with Crippen LogP contribution >= 0.6 is 0 Å². The molecule has 0 radical (unpaired) electrons. The van der Waals surface area contributed by atoms with Crippen LogP contribution in [0, 0.1) is 5.92 Å². The van der Waals surface area contributed by atoms with Crippen molar-refractivity contribution in [3.05, 3.63) is 30.1 Å². The van der Waals surface area contributed by atoms with Crippen LogP contribution in [0.25, 0.3) is 11.0 Å². The molecule has 1 saturated heterocycles. The maximum Gasteiger partial charge on any atom is 0.121 e. The van der Waals surface area contributed by atoms with Gasteiger partial charge in [-0.25, -0.2) is 4.98 Å². The number of imidazole rings is 1. The van der Waals surface area contributed by atoms with Gasteiger partial charge in [-0.3, -0.25) is 0 Å². The van der Waals surface area contributed by atoms with Gasteiger partial charge < -0.3 is 15.2 Å². The first-order valence-corrected chi connectivity index (χ1v) is 8.15. The molecule has 0 spiro atoms. The molecule has 2 aromatic rings. The average Bonchev–Trinajstić information content (AvgIpc) is 2.95. The Kier molecular flexibility index (Phi) is 4.56. The molecule has 2 N–H and O–H groups in total. The van der Waals surface area contributed by atoms with Gasteiger partial charge in [0, 0.05) is 12.6 Å². The van der Waals surface area contributed by atoms with Crippen LogP contribution in [0.4, 0.5) is 0 Å². The minimum Gasteiger partial charge on any atom is -0.341 e. The van der Waals surface area contributed by atoms with E-state index in [9.17, 15) is 0 Å². The number of piperidine rings is 1. The molecule has 1 aromatic carbocycles. The van der Waals surface area contributed by atoms with E-state index in [0.29, 0.717) is 6.04 Å². The summed E-state index contributed by atoms with van der Waals surface area (Å²) < 4.78 is 0. The molecule has 1 aliphatic heterocycles. The maximum atomic E-state index is 4.63. The van der Waals surface area contributed by atoms with Crippen LogP contribution in [0.2, 0.25) is 0 Å². The Hall–Kier alpha value is -1.39. The lowest BCUT2D eigenvalue weighted by molar-refractivity contribution is 0.156. The van der Waals surface area contributed by atoms with Crippen molar-refractivity contribution in [2.45, 2.75) is 39.3 Å². The summed E-state index contributed by atoms with van der Waals surface area (Å²) in [4.78, 5) is 10.6. The van der Waals surface area contributed by atoms with Gasteiger partial charge in [-0.1, -0.05) is 19.1 Å². The van der Waals surface area contributed by atoms with Crippen LogP contribution in [-0.4, -0.2) is 40.5 Å². The van der Waals surface area contributed by atoms with E-state index in [-0.39, 0.29) is 0 Å². The van der Waals surface area contributed by atoms with Crippen LogP contribution in [0.15, 0.2) is 24.3 Å². The van der Waals surface area contributed by atoms with Crippen molar-refractivity contribution < 1.29 is 0 Å². The summed E-state index contributed by atoms with van der Waals surface area (Å²) >= 11 is 0. The number of rotatable bonds is 5. The van der Waals surface area contributed by atoms with Crippen molar-refractivity contribution in [3.8, 4) is 0 Å². The molecule has 4 nitrogen and oxygen atoms in total. The summed E-state index contributed by atoms with van der Waals surface area (Å²) in [6.45, 7) is 9.06. The zero-order valence-corrected chi connectivity index (χ0v) is 13.1. The van der Waals surface area contributed by atoms with Crippen LogP contribution in [-0.2, 0) is 6.54 Å². The first kappa shape index (κ1) is 14.5. The summed E-state index contributed by atoms with van der Waals surface area (Å²) in [6, 6.07) is 8.74. The van der Waals surface area contributed by atoms with E-state index in [1.54, 1.807) is 0 Å². The van der Waals surface area contributed by atoms with Gasteiger partial charge in [0.15, 0.2) is 0 Å². The molecule has 114 valence electrons. The van der Waals surface area contributed by atoms with Gasteiger partial charge in [-0.05, 0) is 50.9 Å². The summed E-state index contributed by atoms with van der Waals surface area (Å²) in [7, 11) is 0. The summed E-state index contributed by atoms with van der Waals surface area (Å²) in [5.41, 5.74) is 2.17. The zero-order chi connectivity index (χ0) is 14.7. The third-order valence-electron chi connectivity index (χ3n) is 4.73. The Balaban J connectivity index is 1.56. The molecule has 0 amide bonds. The smallest absolute Gasteiger partial charge is 0.121 e. The number of nitrogens with zero attached hydrogens (tertiary/aromatic N) is 2. The van der Waals surface area contributed by atoms with Crippen molar-refractivity contribution in [2.24, 2.45) is 5.92 Å². The number of fused-ring (bicyclic) bond motifs is 1.